The first kappa shape index (κ1) is 18.7. The molecule has 0 aromatic heterocycles. The third-order valence-electron chi connectivity index (χ3n) is 2.94. The molecule has 20 heavy (non-hydrogen) atoms. The Kier molecular flexibility index (Phi) is 8.17. The van der Waals surface area contributed by atoms with E-state index in [1.807, 2.05) is 20.8 Å². The summed E-state index contributed by atoms with van der Waals surface area (Å²) in [7, 11) is 1.53. The Morgan fingerprint density at radius 2 is 1.90 bits per heavy atom. The van der Waals surface area contributed by atoms with E-state index < -0.39 is 18.0 Å². The summed E-state index contributed by atoms with van der Waals surface area (Å²) in [5.74, 6) is -0.962. The predicted molar refractivity (Wildman–Crippen MR) is 74.6 cm³/mol. The molecule has 0 bridgehead atoms. The van der Waals surface area contributed by atoms with Gasteiger partial charge in [0.25, 0.3) is 0 Å². The van der Waals surface area contributed by atoms with E-state index in [2.05, 4.69) is 5.32 Å². The van der Waals surface area contributed by atoms with Crippen LogP contribution in [0.5, 0.6) is 0 Å². The van der Waals surface area contributed by atoms with Crippen LogP contribution in [0.1, 0.15) is 27.2 Å². The zero-order chi connectivity index (χ0) is 15.8. The van der Waals surface area contributed by atoms with Crippen LogP contribution in [0.4, 0.5) is 4.79 Å². The van der Waals surface area contributed by atoms with Crippen LogP contribution in [0.25, 0.3) is 0 Å². The van der Waals surface area contributed by atoms with Gasteiger partial charge in [-0.1, -0.05) is 20.8 Å². The number of nitrogens with one attached hydrogen (secondary N) is 1. The van der Waals surface area contributed by atoms with Crippen LogP contribution >= 0.6 is 0 Å². The molecule has 0 saturated heterocycles. The van der Waals surface area contributed by atoms with Gasteiger partial charge in [-0.05, 0) is 5.41 Å². The maximum Gasteiger partial charge on any atom is 0.317 e. The standard InChI is InChI=1S/C13H26N2O5/c1-13(2,3)10(9-11(17)18)14-12(19)15(5-7-16)6-8-20-4/h10,16H,5-9H2,1-4H3,(H,14,19)(H,17,18). The van der Waals surface area contributed by atoms with E-state index in [0.717, 1.165) is 0 Å². The number of aliphatic hydroxyl groups excluding tert-OH is 1. The number of nitrogens with zero attached hydrogens (tertiary/aromatic N) is 1. The molecule has 3 N–H and O–H groups in total. The maximum atomic E-state index is 12.1. The van der Waals surface area contributed by atoms with Gasteiger partial charge in [0.15, 0.2) is 0 Å². The Morgan fingerprint density at radius 1 is 1.30 bits per heavy atom. The quantitative estimate of drug-likeness (QED) is 0.605. The molecule has 0 heterocycles. The summed E-state index contributed by atoms with van der Waals surface area (Å²) in [5, 5.41) is 20.6. The number of carboxylic acids is 1. The van der Waals surface area contributed by atoms with Crippen LogP contribution in [0, 0.1) is 5.41 Å². The van der Waals surface area contributed by atoms with E-state index in [9.17, 15) is 9.59 Å². The molecule has 0 fully saturated rings. The van der Waals surface area contributed by atoms with Crippen molar-refractivity contribution in [2.75, 3.05) is 33.4 Å². The van der Waals surface area contributed by atoms with Gasteiger partial charge in [-0.2, -0.15) is 0 Å². The van der Waals surface area contributed by atoms with Gasteiger partial charge in [0.2, 0.25) is 0 Å². The van der Waals surface area contributed by atoms with Crippen molar-refractivity contribution in [1.82, 2.24) is 10.2 Å². The summed E-state index contributed by atoms with van der Waals surface area (Å²) in [6.07, 6.45) is -0.146. The fourth-order valence-corrected chi connectivity index (χ4v) is 1.63. The lowest BCUT2D eigenvalue weighted by Gasteiger charge is -2.33. The molecule has 0 radical (unpaired) electrons. The Labute approximate surface area is 119 Å². The molecule has 1 atom stereocenters. The van der Waals surface area contributed by atoms with Gasteiger partial charge in [0.05, 0.1) is 19.6 Å². The molecule has 0 aliphatic rings. The van der Waals surface area contributed by atoms with Crippen LogP contribution in [0.15, 0.2) is 0 Å². The Morgan fingerprint density at radius 3 is 2.30 bits per heavy atom. The van der Waals surface area contributed by atoms with Gasteiger partial charge in [-0.15, -0.1) is 0 Å². The molecule has 0 aliphatic heterocycles. The fraction of sp³-hybridized carbons (Fsp3) is 0.846. The number of hydrogen-bond acceptors (Lipinski definition) is 4. The molecule has 7 heteroatoms. The van der Waals surface area contributed by atoms with E-state index >= 15 is 0 Å². The van der Waals surface area contributed by atoms with Crippen molar-refractivity contribution in [2.24, 2.45) is 5.41 Å². The van der Waals surface area contributed by atoms with Crippen molar-refractivity contribution in [2.45, 2.75) is 33.2 Å². The fourth-order valence-electron chi connectivity index (χ4n) is 1.63. The molecule has 0 aromatic rings. The van der Waals surface area contributed by atoms with Gasteiger partial charge in [-0.3, -0.25) is 4.79 Å². The first-order chi connectivity index (χ1) is 9.22. The molecule has 0 saturated carbocycles. The number of carbonyl (C=O) groups is 2. The predicted octanol–water partition coefficient (Wildman–Crippen LogP) is 0.526. The number of amides is 2. The number of methoxy groups -OCH3 is 1. The minimum atomic E-state index is -0.962. The van der Waals surface area contributed by atoms with Crippen molar-refractivity contribution < 1.29 is 24.5 Å². The molecule has 7 nitrogen and oxygen atoms in total. The van der Waals surface area contributed by atoms with E-state index in [-0.39, 0.29) is 25.0 Å². The van der Waals surface area contributed by atoms with Crippen molar-refractivity contribution >= 4 is 12.0 Å². The van der Waals surface area contributed by atoms with Gasteiger partial charge < -0.3 is 25.2 Å². The number of carbonyl (C=O) groups excluding carboxylic acids is 1. The van der Waals surface area contributed by atoms with E-state index in [0.29, 0.717) is 13.2 Å². The molecular formula is C13H26N2O5. The van der Waals surface area contributed by atoms with Crippen molar-refractivity contribution in [1.29, 1.82) is 0 Å². The SMILES string of the molecule is COCCN(CCO)C(=O)NC(CC(=O)O)C(C)(C)C. The van der Waals surface area contributed by atoms with Crippen molar-refractivity contribution in [3.8, 4) is 0 Å². The molecule has 118 valence electrons. The Hall–Kier alpha value is -1.34. The number of rotatable bonds is 8. The number of carboxylic acid groups (broad SMARTS) is 1. The third kappa shape index (κ3) is 7.30. The first-order valence-electron chi connectivity index (χ1n) is 6.59. The second kappa shape index (κ2) is 8.76. The zero-order valence-electron chi connectivity index (χ0n) is 12.7. The van der Waals surface area contributed by atoms with E-state index in [4.69, 9.17) is 14.9 Å². The molecule has 2 amide bonds. The smallest absolute Gasteiger partial charge is 0.317 e. The molecule has 0 aliphatic carbocycles. The monoisotopic (exact) mass is 290 g/mol. The highest BCUT2D eigenvalue weighted by molar-refractivity contribution is 5.76. The lowest BCUT2D eigenvalue weighted by Crippen LogP contribution is -2.51. The summed E-state index contributed by atoms with van der Waals surface area (Å²) in [4.78, 5) is 24.4. The van der Waals surface area contributed by atoms with Crippen LogP contribution in [-0.4, -0.2) is 66.6 Å². The highest BCUT2D eigenvalue weighted by Crippen LogP contribution is 2.22. The van der Waals surface area contributed by atoms with Gasteiger partial charge in [0, 0.05) is 26.2 Å². The molecule has 0 spiro atoms. The van der Waals surface area contributed by atoms with Gasteiger partial charge >= 0.3 is 12.0 Å². The minimum Gasteiger partial charge on any atom is -0.481 e. The van der Waals surface area contributed by atoms with Crippen LogP contribution < -0.4 is 5.32 Å². The maximum absolute atomic E-state index is 12.1. The highest BCUT2D eigenvalue weighted by atomic mass is 16.5. The molecular weight excluding hydrogens is 264 g/mol. The lowest BCUT2D eigenvalue weighted by atomic mass is 9.85. The Bertz CT molecular complexity index is 314. The molecule has 0 aromatic carbocycles. The second-order valence-corrected chi connectivity index (χ2v) is 5.67. The molecule has 0 rings (SSSR count). The van der Waals surface area contributed by atoms with Gasteiger partial charge in [-0.25, -0.2) is 4.79 Å². The van der Waals surface area contributed by atoms with Crippen LogP contribution in [0.2, 0.25) is 0 Å². The number of aliphatic carboxylic acids is 1. The van der Waals surface area contributed by atoms with Crippen molar-refractivity contribution in [3.05, 3.63) is 0 Å². The summed E-state index contributed by atoms with van der Waals surface area (Å²) >= 11 is 0. The molecule has 1 unspecified atom stereocenters. The van der Waals surface area contributed by atoms with Gasteiger partial charge in [0.1, 0.15) is 0 Å². The highest BCUT2D eigenvalue weighted by Gasteiger charge is 2.29. The normalized spacial score (nSPS) is 12.8. The summed E-state index contributed by atoms with van der Waals surface area (Å²) < 4.78 is 4.91. The Balaban J connectivity index is 4.72. The van der Waals surface area contributed by atoms with E-state index in [1.54, 1.807) is 0 Å². The number of aliphatic hydroxyl groups is 1. The zero-order valence-corrected chi connectivity index (χ0v) is 12.7. The lowest BCUT2D eigenvalue weighted by molar-refractivity contribution is -0.138. The summed E-state index contributed by atoms with van der Waals surface area (Å²) in [6.45, 7) is 6.32. The average Bonchev–Trinajstić information content (AvgIpc) is 2.31. The minimum absolute atomic E-state index is 0.146. The van der Waals surface area contributed by atoms with E-state index in [1.165, 1.54) is 12.0 Å². The summed E-state index contributed by atoms with van der Waals surface area (Å²) in [5.41, 5.74) is -0.375. The number of hydrogen-bond donors (Lipinski definition) is 3. The number of ether oxygens (including phenoxy) is 1. The summed E-state index contributed by atoms with van der Waals surface area (Å²) in [6, 6.07) is -0.881. The van der Waals surface area contributed by atoms with Crippen LogP contribution in [0.3, 0.4) is 0 Å². The topological polar surface area (TPSA) is 99.1 Å². The van der Waals surface area contributed by atoms with Crippen molar-refractivity contribution in [3.63, 3.8) is 0 Å². The van der Waals surface area contributed by atoms with Crippen LogP contribution in [-0.2, 0) is 9.53 Å². The average molecular weight is 290 g/mol. The second-order valence-electron chi connectivity index (χ2n) is 5.67. The largest absolute Gasteiger partial charge is 0.481 e. The third-order valence-corrected chi connectivity index (χ3v) is 2.94. The number of urea groups is 1. The first-order valence-corrected chi connectivity index (χ1v) is 6.59.